The average molecular weight is 411 g/mol. The zero-order chi connectivity index (χ0) is 19.4. The largest absolute Gasteiger partial charge is 0.466 e. The number of hydrogen-bond donors (Lipinski definition) is 1. The summed E-state index contributed by atoms with van der Waals surface area (Å²) in [5, 5.41) is 1.33. The first-order chi connectivity index (χ1) is 13.0. The topological polar surface area (TPSA) is 55.6 Å². The molecular weight excluding hydrogens is 383 g/mol. The minimum Gasteiger partial charge on any atom is -0.466 e. The van der Waals surface area contributed by atoms with E-state index in [0.717, 1.165) is 50.9 Å². The van der Waals surface area contributed by atoms with E-state index in [-0.39, 0.29) is 23.8 Å². The Kier molecular flexibility index (Phi) is 7.21. The molecule has 1 aliphatic carbocycles. The first-order valence-corrected chi connectivity index (χ1v) is 10.5. The molecule has 6 heteroatoms. The SMILES string of the molecule is CCOC(=O)[C@H]1CCCN(CC2=CC[C@@H](c3ccc(Cl)cc3Cl)[C@H](N)C2)C1. The predicted molar refractivity (Wildman–Crippen MR) is 110 cm³/mol. The molecule has 0 spiro atoms. The second-order valence-corrected chi connectivity index (χ2v) is 8.41. The molecule has 4 nitrogen and oxygen atoms in total. The van der Waals surface area contributed by atoms with Gasteiger partial charge in [-0.25, -0.2) is 0 Å². The van der Waals surface area contributed by atoms with Crippen molar-refractivity contribution in [3.05, 3.63) is 45.5 Å². The van der Waals surface area contributed by atoms with Crippen LogP contribution in [-0.2, 0) is 9.53 Å². The molecule has 0 radical (unpaired) electrons. The van der Waals surface area contributed by atoms with Gasteiger partial charge < -0.3 is 10.5 Å². The van der Waals surface area contributed by atoms with Crippen LogP contribution in [0.1, 0.15) is 44.1 Å². The van der Waals surface area contributed by atoms with Crippen molar-refractivity contribution in [2.75, 3.05) is 26.2 Å². The van der Waals surface area contributed by atoms with E-state index in [2.05, 4.69) is 11.0 Å². The normalized spacial score (nSPS) is 26.5. The second-order valence-electron chi connectivity index (χ2n) is 7.56. The third kappa shape index (κ3) is 5.26. The molecule has 0 amide bonds. The van der Waals surface area contributed by atoms with Crippen LogP contribution in [0.15, 0.2) is 29.8 Å². The van der Waals surface area contributed by atoms with Crippen LogP contribution in [-0.4, -0.2) is 43.2 Å². The third-order valence-electron chi connectivity index (χ3n) is 5.59. The Labute approximate surface area is 171 Å². The number of carbonyl (C=O) groups is 1. The molecule has 1 aromatic carbocycles. The number of rotatable bonds is 5. The number of nitrogens with zero attached hydrogens (tertiary/aromatic N) is 1. The molecule has 3 atom stereocenters. The number of ether oxygens (including phenoxy) is 1. The molecular formula is C21H28Cl2N2O2. The van der Waals surface area contributed by atoms with Crippen molar-refractivity contribution in [3.63, 3.8) is 0 Å². The van der Waals surface area contributed by atoms with Crippen molar-refractivity contribution in [1.82, 2.24) is 4.90 Å². The zero-order valence-corrected chi connectivity index (χ0v) is 17.3. The van der Waals surface area contributed by atoms with Gasteiger partial charge in [0.2, 0.25) is 0 Å². The van der Waals surface area contributed by atoms with E-state index in [0.29, 0.717) is 16.7 Å². The van der Waals surface area contributed by atoms with Crippen LogP contribution in [0.3, 0.4) is 0 Å². The smallest absolute Gasteiger partial charge is 0.310 e. The number of piperidine rings is 1. The van der Waals surface area contributed by atoms with Gasteiger partial charge in [0, 0.05) is 35.1 Å². The van der Waals surface area contributed by atoms with E-state index in [1.807, 2.05) is 19.1 Å². The fourth-order valence-corrected chi connectivity index (χ4v) is 4.77. The van der Waals surface area contributed by atoms with Crippen LogP contribution in [0.5, 0.6) is 0 Å². The number of carbonyl (C=O) groups excluding carboxylic acids is 1. The summed E-state index contributed by atoms with van der Waals surface area (Å²) in [5.41, 5.74) is 8.93. The summed E-state index contributed by atoms with van der Waals surface area (Å²) in [7, 11) is 0. The quantitative estimate of drug-likeness (QED) is 0.577. The Bertz CT molecular complexity index is 707. The monoisotopic (exact) mass is 410 g/mol. The summed E-state index contributed by atoms with van der Waals surface area (Å²) < 4.78 is 5.20. The molecule has 2 N–H and O–H groups in total. The molecule has 0 aromatic heterocycles. The van der Waals surface area contributed by atoms with Gasteiger partial charge in [0.1, 0.15) is 0 Å². The molecule has 0 unspecified atom stereocenters. The van der Waals surface area contributed by atoms with Crippen LogP contribution in [0.2, 0.25) is 10.0 Å². The van der Waals surface area contributed by atoms with Gasteiger partial charge >= 0.3 is 5.97 Å². The first kappa shape index (κ1) is 20.7. The zero-order valence-electron chi connectivity index (χ0n) is 15.8. The lowest BCUT2D eigenvalue weighted by Gasteiger charge is -2.35. The number of halogens is 2. The van der Waals surface area contributed by atoms with Gasteiger partial charge in [0.15, 0.2) is 0 Å². The number of esters is 1. The molecule has 1 fully saturated rings. The van der Waals surface area contributed by atoms with Crippen LogP contribution < -0.4 is 5.73 Å². The molecule has 1 aromatic rings. The molecule has 27 heavy (non-hydrogen) atoms. The van der Waals surface area contributed by atoms with E-state index < -0.39 is 0 Å². The Balaban J connectivity index is 1.61. The Morgan fingerprint density at radius 2 is 2.19 bits per heavy atom. The van der Waals surface area contributed by atoms with Gasteiger partial charge in [-0.1, -0.05) is 40.9 Å². The lowest BCUT2D eigenvalue weighted by molar-refractivity contribution is -0.149. The van der Waals surface area contributed by atoms with Crippen molar-refractivity contribution in [3.8, 4) is 0 Å². The molecule has 0 saturated carbocycles. The number of hydrogen-bond acceptors (Lipinski definition) is 4. The molecule has 1 aliphatic heterocycles. The molecule has 148 valence electrons. The molecule has 3 rings (SSSR count). The maximum atomic E-state index is 12.0. The summed E-state index contributed by atoms with van der Waals surface area (Å²) in [4.78, 5) is 14.4. The molecule has 2 aliphatic rings. The van der Waals surface area contributed by atoms with Crippen molar-refractivity contribution < 1.29 is 9.53 Å². The highest BCUT2D eigenvalue weighted by Gasteiger charge is 2.30. The fourth-order valence-electron chi connectivity index (χ4n) is 4.22. The predicted octanol–water partition coefficient (Wildman–Crippen LogP) is 4.40. The maximum Gasteiger partial charge on any atom is 0.310 e. The minimum atomic E-state index is -0.0611. The number of allylic oxidation sites excluding steroid dienone is 1. The van der Waals surface area contributed by atoms with Crippen LogP contribution in [0, 0.1) is 5.92 Å². The summed E-state index contributed by atoms with van der Waals surface area (Å²) >= 11 is 12.4. The van der Waals surface area contributed by atoms with Gasteiger partial charge in [0.05, 0.1) is 12.5 Å². The molecule has 1 saturated heterocycles. The van der Waals surface area contributed by atoms with Gasteiger partial charge in [-0.3, -0.25) is 9.69 Å². The van der Waals surface area contributed by atoms with Crippen LogP contribution >= 0.6 is 23.2 Å². The molecule has 1 heterocycles. The van der Waals surface area contributed by atoms with E-state index in [4.69, 9.17) is 33.7 Å². The summed E-state index contributed by atoms with van der Waals surface area (Å²) in [5.74, 6) is 0.151. The Morgan fingerprint density at radius 1 is 1.37 bits per heavy atom. The highest BCUT2D eigenvalue weighted by atomic mass is 35.5. The fraction of sp³-hybridized carbons (Fsp3) is 0.571. The average Bonchev–Trinajstić information content (AvgIpc) is 2.63. The Hall–Kier alpha value is -1.07. The van der Waals surface area contributed by atoms with E-state index in [1.54, 1.807) is 6.07 Å². The highest BCUT2D eigenvalue weighted by molar-refractivity contribution is 6.35. The summed E-state index contributed by atoms with van der Waals surface area (Å²) in [6.07, 6.45) is 5.99. The number of benzene rings is 1. The lowest BCUT2D eigenvalue weighted by Crippen LogP contribution is -2.41. The number of nitrogens with two attached hydrogens (primary N) is 1. The van der Waals surface area contributed by atoms with Gasteiger partial charge in [-0.05, 0) is 56.8 Å². The van der Waals surface area contributed by atoms with Gasteiger partial charge in [0.25, 0.3) is 0 Å². The van der Waals surface area contributed by atoms with Crippen molar-refractivity contribution in [1.29, 1.82) is 0 Å². The molecule has 0 bridgehead atoms. The number of likely N-dealkylation sites (tertiary alicyclic amines) is 1. The van der Waals surface area contributed by atoms with E-state index >= 15 is 0 Å². The first-order valence-electron chi connectivity index (χ1n) is 9.75. The van der Waals surface area contributed by atoms with Crippen LogP contribution in [0.4, 0.5) is 0 Å². The van der Waals surface area contributed by atoms with Crippen molar-refractivity contribution in [2.45, 2.75) is 44.6 Å². The Morgan fingerprint density at radius 3 is 2.89 bits per heavy atom. The lowest BCUT2D eigenvalue weighted by atomic mass is 9.80. The van der Waals surface area contributed by atoms with E-state index in [9.17, 15) is 4.79 Å². The standard InChI is InChI=1S/C21H28Cl2N2O2/c1-2-27-21(26)15-4-3-9-25(13-15)12-14-5-7-18(20(24)10-14)17-8-6-16(22)11-19(17)23/h5-6,8,11,15,18,20H,2-4,7,9-10,12-13,24H2,1H3/t15-,18-,20+/m0/s1. The van der Waals surface area contributed by atoms with Crippen LogP contribution in [0.25, 0.3) is 0 Å². The third-order valence-corrected chi connectivity index (χ3v) is 6.15. The highest BCUT2D eigenvalue weighted by Crippen LogP contribution is 2.36. The van der Waals surface area contributed by atoms with Gasteiger partial charge in [-0.2, -0.15) is 0 Å². The van der Waals surface area contributed by atoms with E-state index in [1.165, 1.54) is 5.57 Å². The maximum absolute atomic E-state index is 12.0. The minimum absolute atomic E-state index is 0.00261. The summed E-state index contributed by atoms with van der Waals surface area (Å²) in [6, 6.07) is 5.68. The van der Waals surface area contributed by atoms with Crippen molar-refractivity contribution in [2.24, 2.45) is 11.7 Å². The summed E-state index contributed by atoms with van der Waals surface area (Å²) in [6.45, 7) is 4.98. The second kappa shape index (κ2) is 9.42. The van der Waals surface area contributed by atoms with Gasteiger partial charge in [-0.15, -0.1) is 0 Å². The van der Waals surface area contributed by atoms with Crippen molar-refractivity contribution >= 4 is 29.2 Å².